The highest BCUT2D eigenvalue weighted by Gasteiger charge is 1.91. The van der Waals surface area contributed by atoms with E-state index in [4.69, 9.17) is 0 Å². The van der Waals surface area contributed by atoms with Crippen LogP contribution in [-0.4, -0.2) is 0 Å². The van der Waals surface area contributed by atoms with Crippen LogP contribution in [0.2, 0.25) is 0 Å². The topological polar surface area (TPSA) is 0 Å². The predicted molar refractivity (Wildman–Crippen MR) is 94.0 cm³/mol. The van der Waals surface area contributed by atoms with Gasteiger partial charge in [0.15, 0.2) is 0 Å². The fraction of sp³-hybridized carbons (Fsp3) is 0.850. The number of hydrogen-bond donors (Lipinski definition) is 0. The second-order valence-electron chi connectivity index (χ2n) is 6.14. The van der Waals surface area contributed by atoms with Crippen molar-refractivity contribution in [3.8, 4) is 0 Å². The molecule has 20 heavy (non-hydrogen) atoms. The summed E-state index contributed by atoms with van der Waals surface area (Å²) in [4.78, 5) is 0. The van der Waals surface area contributed by atoms with Crippen molar-refractivity contribution < 1.29 is 0 Å². The maximum atomic E-state index is 3.89. The average molecular weight is 280 g/mol. The zero-order valence-electron chi connectivity index (χ0n) is 14.2. The van der Waals surface area contributed by atoms with Gasteiger partial charge in [0.1, 0.15) is 0 Å². The highest BCUT2D eigenvalue weighted by molar-refractivity contribution is 4.81. The van der Waals surface area contributed by atoms with Gasteiger partial charge in [-0.1, -0.05) is 103 Å². The van der Waals surface area contributed by atoms with Crippen LogP contribution in [0.25, 0.3) is 0 Å². The highest BCUT2D eigenvalue weighted by atomic mass is 14.0. The van der Waals surface area contributed by atoms with Gasteiger partial charge >= 0.3 is 0 Å². The molecule has 0 spiro atoms. The summed E-state index contributed by atoms with van der Waals surface area (Å²) in [6.07, 6.45) is 26.8. The van der Waals surface area contributed by atoms with Crippen LogP contribution in [0, 0.1) is 6.92 Å². The van der Waals surface area contributed by atoms with Gasteiger partial charge in [0.05, 0.1) is 0 Å². The molecular weight excluding hydrogens is 240 g/mol. The lowest BCUT2D eigenvalue weighted by Gasteiger charge is -2.00. The Morgan fingerprint density at radius 2 is 0.950 bits per heavy atom. The lowest BCUT2D eigenvalue weighted by Crippen LogP contribution is -1.81. The van der Waals surface area contributed by atoms with E-state index in [-0.39, 0.29) is 0 Å². The molecule has 0 saturated carbocycles. The van der Waals surface area contributed by atoms with Crippen molar-refractivity contribution >= 4 is 0 Å². The molecule has 0 aromatic carbocycles. The molecule has 0 aliphatic heterocycles. The van der Waals surface area contributed by atoms with Crippen molar-refractivity contribution in [2.45, 2.75) is 110 Å². The van der Waals surface area contributed by atoms with Crippen LogP contribution in [0.1, 0.15) is 110 Å². The van der Waals surface area contributed by atoms with Crippen LogP contribution in [0.5, 0.6) is 0 Å². The van der Waals surface area contributed by atoms with Gasteiger partial charge in [0.25, 0.3) is 0 Å². The summed E-state index contributed by atoms with van der Waals surface area (Å²) >= 11 is 0. The molecule has 0 saturated heterocycles. The van der Waals surface area contributed by atoms with Crippen molar-refractivity contribution in [1.82, 2.24) is 0 Å². The number of hydrogen-bond acceptors (Lipinski definition) is 0. The molecule has 0 atom stereocenters. The fourth-order valence-electron chi connectivity index (χ4n) is 2.60. The van der Waals surface area contributed by atoms with Gasteiger partial charge in [0.2, 0.25) is 0 Å². The molecule has 0 aliphatic carbocycles. The van der Waals surface area contributed by atoms with E-state index in [0.29, 0.717) is 0 Å². The summed E-state index contributed by atoms with van der Waals surface area (Å²) in [6.45, 7) is 6.17. The van der Waals surface area contributed by atoms with Crippen LogP contribution in [0.15, 0.2) is 12.2 Å². The zero-order chi connectivity index (χ0) is 14.7. The third-order valence-electron chi connectivity index (χ3n) is 4.01. The van der Waals surface area contributed by atoms with E-state index in [1.54, 1.807) is 0 Å². The summed E-state index contributed by atoms with van der Waals surface area (Å²) in [5.74, 6) is 0. The summed E-state index contributed by atoms with van der Waals surface area (Å²) in [6, 6.07) is 0. The largest absolute Gasteiger partial charge is 0.0885 e. The van der Waals surface area contributed by atoms with E-state index in [9.17, 15) is 0 Å². The van der Waals surface area contributed by atoms with Crippen LogP contribution in [0.4, 0.5) is 0 Å². The molecule has 0 nitrogen and oxygen atoms in total. The smallest absolute Gasteiger partial charge is 0.0351 e. The summed E-state index contributed by atoms with van der Waals surface area (Å²) in [7, 11) is 0. The van der Waals surface area contributed by atoms with Crippen molar-refractivity contribution in [2.24, 2.45) is 0 Å². The van der Waals surface area contributed by atoms with Crippen molar-refractivity contribution in [3.63, 3.8) is 0 Å². The maximum Gasteiger partial charge on any atom is -0.0351 e. The minimum absolute atomic E-state index is 1.12. The molecule has 0 aromatic rings. The van der Waals surface area contributed by atoms with Crippen molar-refractivity contribution in [3.05, 3.63) is 19.1 Å². The van der Waals surface area contributed by atoms with Crippen LogP contribution in [0.3, 0.4) is 0 Å². The first-order valence-electron chi connectivity index (χ1n) is 9.36. The van der Waals surface area contributed by atoms with Crippen LogP contribution in [-0.2, 0) is 0 Å². The average Bonchev–Trinajstić information content (AvgIpc) is 2.47. The van der Waals surface area contributed by atoms with E-state index >= 15 is 0 Å². The van der Waals surface area contributed by atoms with Crippen LogP contribution < -0.4 is 0 Å². The Balaban J connectivity index is 3.01. The monoisotopic (exact) mass is 279 g/mol. The van der Waals surface area contributed by atoms with E-state index in [1.807, 2.05) is 0 Å². The molecule has 0 aliphatic rings. The quantitative estimate of drug-likeness (QED) is 0.201. The SMILES string of the molecule is [CH2]CCCCCCCCCC/C=C\CCCCCCC. The molecule has 0 unspecified atom stereocenters. The fourth-order valence-corrected chi connectivity index (χ4v) is 2.60. The molecule has 0 N–H and O–H groups in total. The van der Waals surface area contributed by atoms with E-state index in [0.717, 1.165) is 6.42 Å². The Morgan fingerprint density at radius 1 is 0.550 bits per heavy atom. The second kappa shape index (κ2) is 18.7. The summed E-state index contributed by atoms with van der Waals surface area (Å²) in [5.41, 5.74) is 0. The molecule has 0 rings (SSSR count). The third kappa shape index (κ3) is 17.7. The van der Waals surface area contributed by atoms with E-state index < -0.39 is 0 Å². The highest BCUT2D eigenvalue weighted by Crippen LogP contribution is 2.11. The molecule has 0 bridgehead atoms. The molecule has 0 fully saturated rings. The first kappa shape index (κ1) is 19.7. The zero-order valence-corrected chi connectivity index (χ0v) is 14.2. The molecule has 1 radical (unpaired) electrons. The molecule has 0 aromatic heterocycles. The Morgan fingerprint density at radius 3 is 1.40 bits per heavy atom. The van der Waals surface area contributed by atoms with Gasteiger partial charge in [0, 0.05) is 0 Å². The number of rotatable bonds is 16. The van der Waals surface area contributed by atoms with Gasteiger partial charge in [-0.3, -0.25) is 0 Å². The van der Waals surface area contributed by atoms with Crippen LogP contribution >= 0.6 is 0 Å². The normalized spacial score (nSPS) is 11.5. The van der Waals surface area contributed by atoms with Gasteiger partial charge < -0.3 is 0 Å². The van der Waals surface area contributed by atoms with Gasteiger partial charge in [-0.2, -0.15) is 0 Å². The molecule has 0 heteroatoms. The number of unbranched alkanes of at least 4 members (excludes halogenated alkanes) is 14. The van der Waals surface area contributed by atoms with E-state index in [1.165, 1.54) is 96.3 Å². The summed E-state index contributed by atoms with van der Waals surface area (Å²) < 4.78 is 0. The Kier molecular flexibility index (Phi) is 18.5. The lowest BCUT2D eigenvalue weighted by molar-refractivity contribution is 0.570. The standard InChI is InChI=1S/C20H39/c1-3-5-7-9-11-13-15-17-19-20-18-16-14-12-10-8-6-4-2/h16,18H,1,3-15,17,19-20H2,2H3/b18-16-. The second-order valence-corrected chi connectivity index (χ2v) is 6.14. The van der Waals surface area contributed by atoms with Gasteiger partial charge in [-0.25, -0.2) is 0 Å². The predicted octanol–water partition coefficient (Wildman–Crippen LogP) is 7.64. The Bertz CT molecular complexity index is 180. The van der Waals surface area contributed by atoms with E-state index in [2.05, 4.69) is 26.0 Å². The van der Waals surface area contributed by atoms with Gasteiger partial charge in [-0.15, -0.1) is 0 Å². The summed E-state index contributed by atoms with van der Waals surface area (Å²) in [5, 5.41) is 0. The number of allylic oxidation sites excluding steroid dienone is 2. The molecule has 0 heterocycles. The Hall–Kier alpha value is -0.260. The third-order valence-corrected chi connectivity index (χ3v) is 4.01. The lowest BCUT2D eigenvalue weighted by atomic mass is 10.1. The first-order chi connectivity index (χ1) is 9.91. The minimum atomic E-state index is 1.12. The molecule has 0 amide bonds. The Labute approximate surface area is 129 Å². The minimum Gasteiger partial charge on any atom is -0.0885 e. The maximum absolute atomic E-state index is 3.89. The first-order valence-corrected chi connectivity index (χ1v) is 9.36. The van der Waals surface area contributed by atoms with Crippen molar-refractivity contribution in [1.29, 1.82) is 0 Å². The molecular formula is C20H39. The van der Waals surface area contributed by atoms with Gasteiger partial charge in [-0.05, 0) is 25.7 Å². The van der Waals surface area contributed by atoms with Crippen molar-refractivity contribution in [2.75, 3.05) is 0 Å². The molecule has 119 valence electrons.